The first-order valence-corrected chi connectivity index (χ1v) is 9.41. The van der Waals surface area contributed by atoms with Gasteiger partial charge < -0.3 is 0 Å². The van der Waals surface area contributed by atoms with E-state index in [-0.39, 0.29) is 0 Å². The Kier molecular flexibility index (Phi) is 3.18. The molecule has 116 valence electrons. The Labute approximate surface area is 131 Å². The Morgan fingerprint density at radius 2 is 1.95 bits per heavy atom. The third-order valence-electron chi connectivity index (χ3n) is 8.38. The van der Waals surface area contributed by atoms with Gasteiger partial charge in [-0.3, -0.25) is 0 Å². The van der Waals surface area contributed by atoms with E-state index >= 15 is 0 Å². The number of hydrogen-bond donors (Lipinski definition) is 0. The van der Waals surface area contributed by atoms with Gasteiger partial charge in [0.15, 0.2) is 0 Å². The van der Waals surface area contributed by atoms with E-state index in [4.69, 9.17) is 0 Å². The minimum atomic E-state index is 0.564. The van der Waals surface area contributed by atoms with Crippen molar-refractivity contribution in [3.63, 3.8) is 0 Å². The van der Waals surface area contributed by atoms with Crippen LogP contribution in [0.4, 0.5) is 0 Å². The van der Waals surface area contributed by atoms with E-state index in [2.05, 4.69) is 32.6 Å². The Morgan fingerprint density at radius 3 is 2.76 bits per heavy atom. The summed E-state index contributed by atoms with van der Waals surface area (Å²) in [5, 5.41) is 0. The van der Waals surface area contributed by atoms with Crippen LogP contribution in [0.15, 0.2) is 24.3 Å². The molecule has 3 saturated carbocycles. The molecular formula is C21H32. The van der Waals surface area contributed by atoms with Gasteiger partial charge in [-0.1, -0.05) is 31.6 Å². The maximum absolute atomic E-state index is 4.15. The molecule has 4 aliphatic rings. The van der Waals surface area contributed by atoms with Crippen LogP contribution in [0, 0.1) is 34.5 Å². The average molecular weight is 284 g/mol. The first-order valence-electron chi connectivity index (χ1n) is 9.41. The molecule has 6 unspecified atom stereocenters. The zero-order valence-electron chi connectivity index (χ0n) is 14.0. The highest BCUT2D eigenvalue weighted by Gasteiger charge is 2.57. The predicted octanol–water partition coefficient (Wildman–Crippen LogP) is 6.14. The highest BCUT2D eigenvalue weighted by molar-refractivity contribution is 5.24. The molecule has 0 heterocycles. The third kappa shape index (κ3) is 1.80. The van der Waals surface area contributed by atoms with E-state index in [1.807, 2.05) is 5.57 Å². The zero-order valence-corrected chi connectivity index (χ0v) is 14.0. The molecule has 0 spiro atoms. The largest absolute Gasteiger partial charge is 0.103 e. The van der Waals surface area contributed by atoms with Gasteiger partial charge in [0.1, 0.15) is 0 Å². The fourth-order valence-corrected chi connectivity index (χ4v) is 7.18. The molecule has 0 aromatic rings. The second kappa shape index (κ2) is 4.74. The van der Waals surface area contributed by atoms with Crippen LogP contribution < -0.4 is 0 Å². The van der Waals surface area contributed by atoms with Gasteiger partial charge in [0.05, 0.1) is 0 Å². The normalized spacial score (nSPS) is 52.4. The van der Waals surface area contributed by atoms with Gasteiger partial charge in [0.25, 0.3) is 0 Å². The smallest absolute Gasteiger partial charge is 0.00853 e. The maximum Gasteiger partial charge on any atom is -0.00853 e. The van der Waals surface area contributed by atoms with Crippen molar-refractivity contribution in [1.29, 1.82) is 0 Å². The molecule has 6 atom stereocenters. The highest BCUT2D eigenvalue weighted by atomic mass is 14.6. The Balaban J connectivity index is 1.67. The van der Waals surface area contributed by atoms with Crippen LogP contribution in [-0.2, 0) is 0 Å². The van der Waals surface area contributed by atoms with Crippen LogP contribution >= 0.6 is 0 Å². The van der Waals surface area contributed by atoms with Crippen molar-refractivity contribution in [2.75, 3.05) is 0 Å². The number of allylic oxidation sites excluding steroid dienone is 3. The third-order valence-corrected chi connectivity index (χ3v) is 8.38. The molecule has 0 bridgehead atoms. The lowest BCUT2D eigenvalue weighted by Gasteiger charge is -2.58. The van der Waals surface area contributed by atoms with Gasteiger partial charge >= 0.3 is 0 Å². The summed E-state index contributed by atoms with van der Waals surface area (Å²) in [7, 11) is 0. The van der Waals surface area contributed by atoms with E-state index in [0.717, 1.165) is 23.7 Å². The van der Waals surface area contributed by atoms with Gasteiger partial charge in [-0.05, 0) is 92.3 Å². The summed E-state index contributed by atoms with van der Waals surface area (Å²) in [6, 6.07) is 0. The van der Waals surface area contributed by atoms with Gasteiger partial charge in [-0.2, -0.15) is 0 Å². The number of rotatable bonds is 1. The van der Waals surface area contributed by atoms with Crippen molar-refractivity contribution in [1.82, 2.24) is 0 Å². The molecule has 4 rings (SSSR count). The minimum Gasteiger partial charge on any atom is -0.103 e. The van der Waals surface area contributed by atoms with Crippen molar-refractivity contribution in [2.45, 2.75) is 71.6 Å². The number of hydrogen-bond acceptors (Lipinski definition) is 0. The molecule has 0 radical (unpaired) electrons. The summed E-state index contributed by atoms with van der Waals surface area (Å²) >= 11 is 0. The van der Waals surface area contributed by atoms with Crippen molar-refractivity contribution < 1.29 is 0 Å². The molecule has 0 aliphatic heterocycles. The van der Waals surface area contributed by atoms with E-state index in [9.17, 15) is 0 Å². The Hall–Kier alpha value is -0.520. The molecule has 21 heavy (non-hydrogen) atoms. The molecule has 0 nitrogen and oxygen atoms in total. The molecule has 4 aliphatic carbocycles. The standard InChI is InChI=1S/C21H32/c1-4-15-9-11-18-17-10-8-16-7-5-6-13-20(16,2)19(17)12-14-21(15,18)3/h4,7,15,17-19H,1,5-6,8-14H2,2-3H3. The molecule has 0 N–H and O–H groups in total. The SMILES string of the molecule is C=CC1CCC2C3CCC4=CCCCC4(C)C3CCC12C. The Bertz CT molecular complexity index is 472. The van der Waals surface area contributed by atoms with Gasteiger partial charge in [-0.15, -0.1) is 6.58 Å². The van der Waals surface area contributed by atoms with E-state index in [1.54, 1.807) is 0 Å². The molecular weight excluding hydrogens is 252 g/mol. The molecule has 0 aromatic heterocycles. The van der Waals surface area contributed by atoms with Crippen LogP contribution in [-0.4, -0.2) is 0 Å². The monoisotopic (exact) mass is 284 g/mol. The van der Waals surface area contributed by atoms with Crippen LogP contribution in [0.1, 0.15) is 71.6 Å². The minimum absolute atomic E-state index is 0.564. The molecule has 3 fully saturated rings. The van der Waals surface area contributed by atoms with Crippen LogP contribution in [0.5, 0.6) is 0 Å². The van der Waals surface area contributed by atoms with Crippen LogP contribution in [0.3, 0.4) is 0 Å². The lowest BCUT2D eigenvalue weighted by Crippen LogP contribution is -2.49. The summed E-state index contributed by atoms with van der Waals surface area (Å²) in [6.45, 7) is 9.37. The van der Waals surface area contributed by atoms with Crippen molar-refractivity contribution >= 4 is 0 Å². The van der Waals surface area contributed by atoms with Gasteiger partial charge in [0.2, 0.25) is 0 Å². The fraction of sp³-hybridized carbons (Fsp3) is 0.810. The average Bonchev–Trinajstić information content (AvgIpc) is 2.83. The summed E-state index contributed by atoms with van der Waals surface area (Å²) in [5.74, 6) is 3.77. The van der Waals surface area contributed by atoms with E-state index in [0.29, 0.717) is 10.8 Å². The van der Waals surface area contributed by atoms with Crippen molar-refractivity contribution in [2.24, 2.45) is 34.5 Å². The summed E-state index contributed by atoms with van der Waals surface area (Å²) in [5.41, 5.74) is 2.99. The quantitative estimate of drug-likeness (QED) is 0.507. The zero-order chi connectivity index (χ0) is 14.7. The van der Waals surface area contributed by atoms with Crippen molar-refractivity contribution in [3.8, 4) is 0 Å². The van der Waals surface area contributed by atoms with Crippen molar-refractivity contribution in [3.05, 3.63) is 24.3 Å². The fourth-order valence-electron chi connectivity index (χ4n) is 7.18. The topological polar surface area (TPSA) is 0 Å². The summed E-state index contributed by atoms with van der Waals surface area (Å²) in [6.07, 6.45) is 17.9. The molecule has 0 aromatic carbocycles. The van der Waals surface area contributed by atoms with Crippen LogP contribution in [0.25, 0.3) is 0 Å². The first-order chi connectivity index (χ1) is 10.1. The van der Waals surface area contributed by atoms with Gasteiger partial charge in [0, 0.05) is 0 Å². The summed E-state index contributed by atoms with van der Waals surface area (Å²) < 4.78 is 0. The van der Waals surface area contributed by atoms with Crippen LogP contribution in [0.2, 0.25) is 0 Å². The Morgan fingerprint density at radius 1 is 1.10 bits per heavy atom. The molecule has 0 heteroatoms. The summed E-state index contributed by atoms with van der Waals surface area (Å²) in [4.78, 5) is 0. The second-order valence-corrected chi connectivity index (χ2v) is 8.92. The molecule has 0 amide bonds. The number of fused-ring (bicyclic) bond motifs is 5. The lowest BCUT2D eigenvalue weighted by atomic mass is 9.47. The van der Waals surface area contributed by atoms with Gasteiger partial charge in [-0.25, -0.2) is 0 Å². The molecule has 0 saturated heterocycles. The van der Waals surface area contributed by atoms with E-state index < -0.39 is 0 Å². The predicted molar refractivity (Wildman–Crippen MR) is 90.0 cm³/mol. The highest BCUT2D eigenvalue weighted by Crippen LogP contribution is 2.66. The lowest BCUT2D eigenvalue weighted by molar-refractivity contribution is -0.0451. The first kappa shape index (κ1) is 14.1. The second-order valence-electron chi connectivity index (χ2n) is 8.92. The van der Waals surface area contributed by atoms with E-state index in [1.165, 1.54) is 57.8 Å². The maximum atomic E-state index is 4.15.